The summed E-state index contributed by atoms with van der Waals surface area (Å²) in [5, 5.41) is 0. The number of hydrogen-bond acceptors (Lipinski definition) is 1. The zero-order chi connectivity index (χ0) is 11.5. The van der Waals surface area contributed by atoms with Gasteiger partial charge in [-0.3, -0.25) is 0 Å². The van der Waals surface area contributed by atoms with Crippen LogP contribution in [0.5, 0.6) is 0 Å². The van der Waals surface area contributed by atoms with Crippen molar-refractivity contribution < 1.29 is 0 Å². The minimum atomic E-state index is 0.355. The van der Waals surface area contributed by atoms with Gasteiger partial charge >= 0.3 is 0 Å². The molecule has 1 heteroatoms. The van der Waals surface area contributed by atoms with Crippen LogP contribution >= 0.6 is 0 Å². The van der Waals surface area contributed by atoms with Gasteiger partial charge < -0.3 is 5.73 Å². The van der Waals surface area contributed by atoms with Gasteiger partial charge in [0.1, 0.15) is 0 Å². The van der Waals surface area contributed by atoms with Crippen molar-refractivity contribution >= 4 is 0 Å². The molecule has 0 saturated heterocycles. The highest BCUT2D eigenvalue weighted by Crippen LogP contribution is 2.39. The van der Waals surface area contributed by atoms with E-state index in [0.717, 1.165) is 18.8 Å². The van der Waals surface area contributed by atoms with Gasteiger partial charge in [0.05, 0.1) is 0 Å². The maximum atomic E-state index is 6.25. The average Bonchev–Trinajstić information content (AvgIpc) is 2.17. The number of hydrogen-bond donors (Lipinski definition) is 1. The second-order valence-corrected chi connectivity index (χ2v) is 5.97. The van der Waals surface area contributed by atoms with Crippen molar-refractivity contribution in [3.63, 3.8) is 0 Å². The van der Waals surface area contributed by atoms with E-state index in [2.05, 4.69) is 27.4 Å². The highest BCUT2D eigenvalue weighted by molar-refractivity contribution is 4.98. The molecule has 1 saturated carbocycles. The van der Waals surface area contributed by atoms with Crippen LogP contribution in [0.25, 0.3) is 0 Å². The van der Waals surface area contributed by atoms with Gasteiger partial charge in [-0.25, -0.2) is 0 Å². The van der Waals surface area contributed by atoms with Crippen LogP contribution in [0.4, 0.5) is 0 Å². The first-order chi connectivity index (χ1) is 6.94. The standard InChI is InChI=1S/C14H27N/c1-5-11(2)10-13(15)12-6-8-14(3,4)9-7-12/h12-13H,2,5-10,15H2,1,3-4H3. The fourth-order valence-electron chi connectivity index (χ4n) is 2.49. The molecular weight excluding hydrogens is 182 g/mol. The minimum Gasteiger partial charge on any atom is -0.327 e. The summed E-state index contributed by atoms with van der Waals surface area (Å²) in [6.07, 6.45) is 7.40. The summed E-state index contributed by atoms with van der Waals surface area (Å²) in [6, 6.07) is 0.355. The lowest BCUT2D eigenvalue weighted by molar-refractivity contribution is 0.172. The molecule has 2 N–H and O–H groups in total. The maximum absolute atomic E-state index is 6.25. The van der Waals surface area contributed by atoms with Gasteiger partial charge in [0.25, 0.3) is 0 Å². The molecule has 1 aliphatic carbocycles. The summed E-state index contributed by atoms with van der Waals surface area (Å²) >= 11 is 0. The second-order valence-electron chi connectivity index (χ2n) is 5.97. The van der Waals surface area contributed by atoms with Crippen molar-refractivity contribution in [2.75, 3.05) is 0 Å². The molecule has 0 spiro atoms. The minimum absolute atomic E-state index is 0.355. The van der Waals surface area contributed by atoms with Gasteiger partial charge in [-0.2, -0.15) is 0 Å². The van der Waals surface area contributed by atoms with Gasteiger partial charge in [0.15, 0.2) is 0 Å². The lowest BCUT2D eigenvalue weighted by Gasteiger charge is -2.37. The first kappa shape index (κ1) is 12.8. The van der Waals surface area contributed by atoms with Crippen LogP contribution in [0.1, 0.15) is 59.3 Å². The molecule has 0 aromatic heterocycles. The molecule has 0 radical (unpaired) electrons. The van der Waals surface area contributed by atoms with Crippen molar-refractivity contribution in [3.05, 3.63) is 12.2 Å². The molecule has 88 valence electrons. The lowest BCUT2D eigenvalue weighted by Crippen LogP contribution is -2.35. The van der Waals surface area contributed by atoms with Crippen LogP contribution in [-0.4, -0.2) is 6.04 Å². The van der Waals surface area contributed by atoms with Crippen molar-refractivity contribution in [2.24, 2.45) is 17.1 Å². The predicted octanol–water partition coefficient (Wildman–Crippen LogP) is 3.89. The van der Waals surface area contributed by atoms with E-state index < -0.39 is 0 Å². The summed E-state index contributed by atoms with van der Waals surface area (Å²) in [5.74, 6) is 0.737. The van der Waals surface area contributed by atoms with Crippen molar-refractivity contribution in [1.29, 1.82) is 0 Å². The van der Waals surface area contributed by atoms with Gasteiger partial charge in [-0.15, -0.1) is 0 Å². The molecule has 0 heterocycles. The van der Waals surface area contributed by atoms with Crippen molar-refractivity contribution in [3.8, 4) is 0 Å². The first-order valence-corrected chi connectivity index (χ1v) is 6.37. The largest absolute Gasteiger partial charge is 0.327 e. The molecule has 1 nitrogen and oxygen atoms in total. The average molecular weight is 209 g/mol. The molecule has 0 bridgehead atoms. The maximum Gasteiger partial charge on any atom is 0.0104 e. The Morgan fingerprint density at radius 3 is 2.40 bits per heavy atom. The zero-order valence-corrected chi connectivity index (χ0v) is 10.7. The number of rotatable bonds is 4. The summed E-state index contributed by atoms with van der Waals surface area (Å²) in [5.41, 5.74) is 8.12. The van der Waals surface area contributed by atoms with Crippen molar-refractivity contribution in [2.45, 2.75) is 65.3 Å². The lowest BCUT2D eigenvalue weighted by atomic mass is 9.70. The first-order valence-electron chi connectivity index (χ1n) is 6.37. The third-order valence-corrected chi connectivity index (χ3v) is 4.01. The predicted molar refractivity (Wildman–Crippen MR) is 67.8 cm³/mol. The molecule has 1 aliphatic rings. The van der Waals surface area contributed by atoms with Crippen LogP contribution in [0.15, 0.2) is 12.2 Å². The molecule has 1 rings (SSSR count). The van der Waals surface area contributed by atoms with Gasteiger partial charge in [-0.05, 0) is 49.9 Å². The Balaban J connectivity index is 2.36. The van der Waals surface area contributed by atoms with E-state index in [4.69, 9.17) is 5.73 Å². The van der Waals surface area contributed by atoms with E-state index in [1.165, 1.54) is 31.3 Å². The Morgan fingerprint density at radius 2 is 1.93 bits per heavy atom. The van der Waals surface area contributed by atoms with Crippen LogP contribution in [-0.2, 0) is 0 Å². The Hall–Kier alpha value is -0.300. The highest BCUT2D eigenvalue weighted by atomic mass is 14.7. The molecule has 0 aliphatic heterocycles. The summed E-state index contributed by atoms with van der Waals surface area (Å²) < 4.78 is 0. The smallest absolute Gasteiger partial charge is 0.0104 e. The Labute approximate surface area is 95.1 Å². The van der Waals surface area contributed by atoms with Crippen LogP contribution in [0.2, 0.25) is 0 Å². The molecule has 0 aromatic carbocycles. The van der Waals surface area contributed by atoms with Gasteiger partial charge in [-0.1, -0.05) is 32.9 Å². The highest BCUT2D eigenvalue weighted by Gasteiger charge is 2.29. The van der Waals surface area contributed by atoms with E-state index >= 15 is 0 Å². The van der Waals surface area contributed by atoms with E-state index in [1.54, 1.807) is 0 Å². The van der Waals surface area contributed by atoms with Crippen molar-refractivity contribution in [1.82, 2.24) is 0 Å². The summed E-state index contributed by atoms with van der Waals surface area (Å²) in [4.78, 5) is 0. The van der Waals surface area contributed by atoms with Crippen LogP contribution in [0.3, 0.4) is 0 Å². The topological polar surface area (TPSA) is 26.0 Å². The van der Waals surface area contributed by atoms with E-state index in [1.807, 2.05) is 0 Å². The fraction of sp³-hybridized carbons (Fsp3) is 0.857. The second kappa shape index (κ2) is 5.16. The molecule has 1 atom stereocenters. The molecule has 1 fully saturated rings. The van der Waals surface area contributed by atoms with E-state index in [0.29, 0.717) is 11.5 Å². The normalized spacial score (nSPS) is 23.7. The Morgan fingerprint density at radius 1 is 1.40 bits per heavy atom. The molecule has 1 unspecified atom stereocenters. The Kier molecular flexibility index (Phi) is 4.39. The summed E-state index contributed by atoms with van der Waals surface area (Å²) in [7, 11) is 0. The quantitative estimate of drug-likeness (QED) is 0.698. The van der Waals surface area contributed by atoms with E-state index in [-0.39, 0.29) is 0 Å². The molecule has 0 amide bonds. The third-order valence-electron chi connectivity index (χ3n) is 4.01. The summed E-state index contributed by atoms with van der Waals surface area (Å²) in [6.45, 7) is 11.0. The Bertz CT molecular complexity index is 207. The van der Waals surface area contributed by atoms with Crippen LogP contribution < -0.4 is 5.73 Å². The number of nitrogens with two attached hydrogens (primary N) is 1. The SMILES string of the molecule is C=C(CC)CC(N)C1CCC(C)(C)CC1. The molecule has 15 heavy (non-hydrogen) atoms. The molecule has 0 aromatic rings. The van der Waals surface area contributed by atoms with Gasteiger partial charge in [0.2, 0.25) is 0 Å². The van der Waals surface area contributed by atoms with E-state index in [9.17, 15) is 0 Å². The third kappa shape index (κ3) is 3.98. The molecular formula is C14H27N. The fourth-order valence-corrected chi connectivity index (χ4v) is 2.49. The monoisotopic (exact) mass is 209 g/mol. The van der Waals surface area contributed by atoms with Gasteiger partial charge in [0, 0.05) is 6.04 Å². The van der Waals surface area contributed by atoms with Crippen LogP contribution in [0, 0.1) is 11.3 Å². The zero-order valence-electron chi connectivity index (χ0n) is 10.7.